The summed E-state index contributed by atoms with van der Waals surface area (Å²) >= 11 is 5.98. The van der Waals surface area contributed by atoms with E-state index in [1.54, 1.807) is 18.6 Å². The van der Waals surface area contributed by atoms with Crippen LogP contribution in [-0.2, 0) is 7.05 Å². The molecule has 2 rings (SSSR count). The minimum atomic E-state index is 0.517. The number of aryl methyl sites for hydroxylation is 1. The molecule has 0 aliphatic carbocycles. The van der Waals surface area contributed by atoms with E-state index in [1.165, 1.54) is 0 Å². The average molecular weight is 209 g/mol. The fourth-order valence-electron chi connectivity index (χ4n) is 1.18. The van der Waals surface area contributed by atoms with Crippen LogP contribution in [0.2, 0.25) is 5.02 Å². The number of nitrogen functional groups attached to an aromatic ring is 1. The molecule has 72 valence electrons. The molecule has 14 heavy (non-hydrogen) atoms. The van der Waals surface area contributed by atoms with Gasteiger partial charge in [0, 0.05) is 13.2 Å². The first-order valence-corrected chi connectivity index (χ1v) is 4.44. The summed E-state index contributed by atoms with van der Waals surface area (Å²) in [6, 6.07) is 1.67. The van der Waals surface area contributed by atoms with Crippen molar-refractivity contribution in [3.63, 3.8) is 0 Å². The van der Waals surface area contributed by atoms with Gasteiger partial charge < -0.3 is 10.3 Å². The van der Waals surface area contributed by atoms with Crippen molar-refractivity contribution in [2.75, 3.05) is 5.73 Å². The van der Waals surface area contributed by atoms with E-state index in [1.807, 2.05) is 17.8 Å². The fraction of sp³-hybridized carbons (Fsp3) is 0.111. The highest BCUT2D eigenvalue weighted by molar-refractivity contribution is 6.33. The molecule has 0 unspecified atom stereocenters. The highest BCUT2D eigenvalue weighted by Crippen LogP contribution is 2.25. The third-order valence-electron chi connectivity index (χ3n) is 1.81. The van der Waals surface area contributed by atoms with Crippen molar-refractivity contribution >= 4 is 17.3 Å². The molecule has 0 fully saturated rings. The topological polar surface area (TPSA) is 56.7 Å². The first-order chi connectivity index (χ1) is 6.66. The SMILES string of the molecule is Cn1cnc(-c2ncc(N)cc2Cl)c1. The van der Waals surface area contributed by atoms with Crippen molar-refractivity contribution in [3.05, 3.63) is 29.8 Å². The summed E-state index contributed by atoms with van der Waals surface area (Å²) < 4.78 is 1.84. The van der Waals surface area contributed by atoms with Crippen LogP contribution in [0.5, 0.6) is 0 Å². The zero-order valence-electron chi connectivity index (χ0n) is 7.61. The molecule has 0 amide bonds. The Bertz CT molecular complexity index is 464. The van der Waals surface area contributed by atoms with Gasteiger partial charge in [0.2, 0.25) is 0 Å². The van der Waals surface area contributed by atoms with Gasteiger partial charge in [0.25, 0.3) is 0 Å². The molecule has 2 aromatic heterocycles. The zero-order valence-corrected chi connectivity index (χ0v) is 8.36. The lowest BCUT2D eigenvalue weighted by atomic mass is 10.3. The quantitative estimate of drug-likeness (QED) is 0.777. The predicted octanol–water partition coefficient (Wildman–Crippen LogP) is 1.72. The number of anilines is 1. The molecule has 2 aromatic rings. The van der Waals surface area contributed by atoms with Gasteiger partial charge in [0.15, 0.2) is 0 Å². The number of nitrogens with zero attached hydrogens (tertiary/aromatic N) is 3. The normalized spacial score (nSPS) is 10.4. The van der Waals surface area contributed by atoms with Crippen LogP contribution in [0.4, 0.5) is 5.69 Å². The maximum absolute atomic E-state index is 5.98. The lowest BCUT2D eigenvalue weighted by molar-refractivity contribution is 0.913. The van der Waals surface area contributed by atoms with Crippen LogP contribution in [0, 0.1) is 0 Å². The fourth-order valence-corrected chi connectivity index (χ4v) is 1.45. The van der Waals surface area contributed by atoms with Gasteiger partial charge in [-0.05, 0) is 6.07 Å². The first-order valence-electron chi connectivity index (χ1n) is 4.06. The summed E-state index contributed by atoms with van der Waals surface area (Å²) in [5, 5.41) is 0.517. The molecule has 5 heteroatoms. The molecule has 0 saturated carbocycles. The molecular weight excluding hydrogens is 200 g/mol. The molecule has 0 aromatic carbocycles. The second-order valence-corrected chi connectivity index (χ2v) is 3.43. The van der Waals surface area contributed by atoms with E-state index in [2.05, 4.69) is 9.97 Å². The highest BCUT2D eigenvalue weighted by atomic mass is 35.5. The minimum Gasteiger partial charge on any atom is -0.397 e. The Labute approximate surface area is 86.4 Å². The Kier molecular flexibility index (Phi) is 2.13. The number of pyridine rings is 1. The highest BCUT2D eigenvalue weighted by Gasteiger charge is 2.07. The minimum absolute atomic E-state index is 0.517. The monoisotopic (exact) mass is 208 g/mol. The number of aromatic nitrogens is 3. The van der Waals surface area contributed by atoms with Crippen LogP contribution in [0.3, 0.4) is 0 Å². The molecule has 0 aliphatic rings. The third-order valence-corrected chi connectivity index (χ3v) is 2.10. The average Bonchev–Trinajstić information content (AvgIpc) is 2.51. The molecule has 0 spiro atoms. The molecule has 0 aliphatic heterocycles. The van der Waals surface area contributed by atoms with Gasteiger partial charge in [-0.25, -0.2) is 4.98 Å². The van der Waals surface area contributed by atoms with Gasteiger partial charge >= 0.3 is 0 Å². The van der Waals surface area contributed by atoms with E-state index in [-0.39, 0.29) is 0 Å². The smallest absolute Gasteiger partial charge is 0.109 e. The van der Waals surface area contributed by atoms with E-state index in [0.717, 1.165) is 5.69 Å². The summed E-state index contributed by atoms with van der Waals surface area (Å²) in [4.78, 5) is 8.28. The largest absolute Gasteiger partial charge is 0.397 e. The van der Waals surface area contributed by atoms with Gasteiger partial charge in [-0.1, -0.05) is 11.6 Å². The second kappa shape index (κ2) is 3.31. The van der Waals surface area contributed by atoms with Crippen LogP contribution in [0.1, 0.15) is 0 Å². The second-order valence-electron chi connectivity index (χ2n) is 3.02. The standard InChI is InChI=1S/C9H9ClN4/c1-14-4-8(13-5-14)9-7(10)2-6(11)3-12-9/h2-5H,11H2,1H3. The van der Waals surface area contributed by atoms with Crippen molar-refractivity contribution in [1.29, 1.82) is 0 Å². The Morgan fingerprint density at radius 2 is 2.21 bits per heavy atom. The number of hydrogen-bond acceptors (Lipinski definition) is 3. The van der Waals surface area contributed by atoms with Crippen molar-refractivity contribution in [2.45, 2.75) is 0 Å². The Balaban J connectivity index is 2.52. The van der Waals surface area contributed by atoms with E-state index < -0.39 is 0 Å². The van der Waals surface area contributed by atoms with E-state index in [0.29, 0.717) is 16.4 Å². The molecule has 0 bridgehead atoms. The first kappa shape index (κ1) is 9.02. The molecule has 0 radical (unpaired) electrons. The number of nitrogens with two attached hydrogens (primary N) is 1. The molecule has 0 saturated heterocycles. The van der Waals surface area contributed by atoms with E-state index >= 15 is 0 Å². The summed E-state index contributed by atoms with van der Waals surface area (Å²) in [7, 11) is 1.89. The van der Waals surface area contributed by atoms with Crippen molar-refractivity contribution in [2.24, 2.45) is 7.05 Å². The molecule has 2 heterocycles. The number of rotatable bonds is 1. The van der Waals surface area contributed by atoms with Crippen LogP contribution in [0.25, 0.3) is 11.4 Å². The Morgan fingerprint density at radius 3 is 2.79 bits per heavy atom. The lowest BCUT2D eigenvalue weighted by Crippen LogP contribution is -1.90. The summed E-state index contributed by atoms with van der Waals surface area (Å²) in [5.41, 5.74) is 7.49. The maximum Gasteiger partial charge on any atom is 0.109 e. The molecule has 4 nitrogen and oxygen atoms in total. The van der Waals surface area contributed by atoms with Crippen molar-refractivity contribution in [3.8, 4) is 11.4 Å². The molecule has 0 atom stereocenters. The number of hydrogen-bond donors (Lipinski definition) is 1. The van der Waals surface area contributed by atoms with E-state index in [9.17, 15) is 0 Å². The van der Waals surface area contributed by atoms with Gasteiger partial charge in [-0.3, -0.25) is 4.98 Å². The number of halogens is 1. The summed E-state index contributed by atoms with van der Waals surface area (Å²) in [6.07, 6.45) is 5.12. The molecule has 2 N–H and O–H groups in total. The Morgan fingerprint density at radius 1 is 1.43 bits per heavy atom. The van der Waals surface area contributed by atoms with Gasteiger partial charge in [0.05, 0.1) is 23.2 Å². The zero-order chi connectivity index (χ0) is 10.1. The van der Waals surface area contributed by atoms with Crippen LogP contribution in [0.15, 0.2) is 24.8 Å². The molecular formula is C9H9ClN4. The summed E-state index contributed by atoms with van der Waals surface area (Å²) in [6.45, 7) is 0. The van der Waals surface area contributed by atoms with Crippen molar-refractivity contribution in [1.82, 2.24) is 14.5 Å². The van der Waals surface area contributed by atoms with Crippen molar-refractivity contribution < 1.29 is 0 Å². The van der Waals surface area contributed by atoms with Gasteiger partial charge in [0.1, 0.15) is 11.4 Å². The maximum atomic E-state index is 5.98. The lowest BCUT2D eigenvalue weighted by Gasteiger charge is -1.99. The Hall–Kier alpha value is -1.55. The third kappa shape index (κ3) is 1.56. The van der Waals surface area contributed by atoms with Gasteiger partial charge in [-0.2, -0.15) is 0 Å². The predicted molar refractivity (Wildman–Crippen MR) is 55.9 cm³/mol. The van der Waals surface area contributed by atoms with Crippen LogP contribution in [-0.4, -0.2) is 14.5 Å². The van der Waals surface area contributed by atoms with Crippen LogP contribution >= 0.6 is 11.6 Å². The van der Waals surface area contributed by atoms with Gasteiger partial charge in [-0.15, -0.1) is 0 Å². The van der Waals surface area contributed by atoms with Crippen LogP contribution < -0.4 is 5.73 Å². The summed E-state index contributed by atoms with van der Waals surface area (Å²) in [5.74, 6) is 0. The van der Waals surface area contributed by atoms with E-state index in [4.69, 9.17) is 17.3 Å². The number of imidazole rings is 1.